The number of unbranched alkanes of at least 4 members (excludes halogenated alkanes) is 1. The number of aromatic nitrogens is 1. The summed E-state index contributed by atoms with van der Waals surface area (Å²) < 4.78 is 2.11. The zero-order valence-electron chi connectivity index (χ0n) is 9.32. The first-order chi connectivity index (χ1) is 8.56. The minimum atomic E-state index is -0.341. The van der Waals surface area contributed by atoms with E-state index in [2.05, 4.69) is 15.9 Å². The molecule has 0 radical (unpaired) electrons. The second-order valence-electron chi connectivity index (χ2n) is 3.83. The van der Waals surface area contributed by atoms with Gasteiger partial charge in [0.05, 0.1) is 4.70 Å². The zero-order valence-corrected chi connectivity index (χ0v) is 12.5. The third-order valence-corrected chi connectivity index (χ3v) is 4.60. The van der Waals surface area contributed by atoms with Gasteiger partial charge in [0.25, 0.3) is 5.56 Å². The molecule has 0 unspecified atom stereocenters. The first kappa shape index (κ1) is 13.7. The molecule has 0 spiro atoms. The fraction of sp³-hybridized carbons (Fsp3) is 0.364. The van der Waals surface area contributed by atoms with Gasteiger partial charge < -0.3 is 10.2 Å². The number of phenolic OH excluding ortho intramolecular Hbond substituents is 2. The zero-order chi connectivity index (χ0) is 13.3. The van der Waals surface area contributed by atoms with Crippen molar-refractivity contribution in [2.75, 3.05) is 5.33 Å². The van der Waals surface area contributed by atoms with Crippen LogP contribution in [0.1, 0.15) is 12.8 Å². The molecule has 2 rings (SSSR count). The molecule has 0 amide bonds. The van der Waals surface area contributed by atoms with Crippen LogP contribution in [0.2, 0.25) is 5.02 Å². The van der Waals surface area contributed by atoms with Crippen molar-refractivity contribution in [3.05, 3.63) is 21.4 Å². The Kier molecular flexibility index (Phi) is 4.19. The van der Waals surface area contributed by atoms with Crippen LogP contribution >= 0.6 is 39.1 Å². The molecule has 1 heterocycles. The summed E-state index contributed by atoms with van der Waals surface area (Å²) in [5, 5.41) is 20.2. The van der Waals surface area contributed by atoms with Gasteiger partial charge in [0.1, 0.15) is 16.2 Å². The van der Waals surface area contributed by atoms with Crippen molar-refractivity contribution in [3.63, 3.8) is 0 Å². The maximum Gasteiger partial charge on any atom is 0.272 e. The van der Waals surface area contributed by atoms with Gasteiger partial charge in [-0.3, -0.25) is 8.75 Å². The molecule has 0 bridgehead atoms. The average Bonchev–Trinajstić information content (AvgIpc) is 2.64. The van der Waals surface area contributed by atoms with Gasteiger partial charge in [-0.25, -0.2) is 0 Å². The smallest absolute Gasteiger partial charge is 0.272 e. The molecule has 0 aliphatic heterocycles. The number of aromatic hydroxyl groups is 2. The van der Waals surface area contributed by atoms with Crippen LogP contribution in [0.15, 0.2) is 10.9 Å². The van der Waals surface area contributed by atoms with Gasteiger partial charge in [-0.15, -0.1) is 0 Å². The molecule has 0 atom stereocenters. The Labute approximate surface area is 121 Å². The van der Waals surface area contributed by atoms with Gasteiger partial charge in [0.2, 0.25) is 0 Å². The lowest BCUT2D eigenvalue weighted by molar-refractivity contribution is 0.455. The number of phenols is 2. The normalized spacial score (nSPS) is 11.2. The molecule has 0 aliphatic carbocycles. The van der Waals surface area contributed by atoms with Gasteiger partial charge in [-0.2, -0.15) is 0 Å². The summed E-state index contributed by atoms with van der Waals surface area (Å²) in [6.45, 7) is 0.599. The van der Waals surface area contributed by atoms with E-state index < -0.39 is 0 Å². The standard InChI is InChI=1S/C11H11BrClNO3S/c12-3-1-2-4-14-11(17)8-7(18-14)5-6(15)9(13)10(8)16/h5,15-16H,1-4H2. The van der Waals surface area contributed by atoms with Gasteiger partial charge in [0.15, 0.2) is 5.75 Å². The first-order valence-corrected chi connectivity index (χ1v) is 7.63. The number of fused-ring (bicyclic) bond motifs is 1. The number of halogens is 2. The highest BCUT2D eigenvalue weighted by Crippen LogP contribution is 2.39. The molecule has 1 aromatic carbocycles. The monoisotopic (exact) mass is 351 g/mol. The van der Waals surface area contributed by atoms with Gasteiger partial charge in [-0.1, -0.05) is 39.1 Å². The summed E-state index contributed by atoms with van der Waals surface area (Å²) in [7, 11) is 0. The molecule has 0 saturated carbocycles. The second-order valence-corrected chi connectivity index (χ2v) is 6.06. The quantitative estimate of drug-likeness (QED) is 0.655. The van der Waals surface area contributed by atoms with Crippen molar-refractivity contribution in [2.45, 2.75) is 19.4 Å². The summed E-state index contributed by atoms with van der Waals surface area (Å²) >= 11 is 10.3. The molecule has 4 nitrogen and oxygen atoms in total. The summed E-state index contributed by atoms with van der Waals surface area (Å²) in [6, 6.07) is 1.41. The minimum Gasteiger partial charge on any atom is -0.506 e. The van der Waals surface area contributed by atoms with Crippen molar-refractivity contribution < 1.29 is 10.2 Å². The summed E-state index contributed by atoms with van der Waals surface area (Å²) in [5.74, 6) is -0.553. The number of hydrogen-bond acceptors (Lipinski definition) is 4. The van der Waals surface area contributed by atoms with E-state index in [0.29, 0.717) is 11.2 Å². The Morgan fingerprint density at radius 2 is 2.11 bits per heavy atom. The largest absolute Gasteiger partial charge is 0.506 e. The van der Waals surface area contributed by atoms with Gasteiger partial charge in [0, 0.05) is 17.9 Å². The van der Waals surface area contributed by atoms with Crippen molar-refractivity contribution in [1.82, 2.24) is 3.96 Å². The molecule has 18 heavy (non-hydrogen) atoms. The lowest BCUT2D eigenvalue weighted by Crippen LogP contribution is -2.13. The average molecular weight is 353 g/mol. The van der Waals surface area contributed by atoms with E-state index in [9.17, 15) is 15.0 Å². The molecule has 0 aliphatic rings. The molecule has 0 fully saturated rings. The van der Waals surface area contributed by atoms with Crippen LogP contribution in [0, 0.1) is 0 Å². The molecule has 2 aromatic rings. The van der Waals surface area contributed by atoms with E-state index >= 15 is 0 Å². The number of nitrogens with zero attached hydrogens (tertiary/aromatic N) is 1. The SMILES string of the molecule is O=c1c2c(O)c(Cl)c(O)cc2sn1CCCCBr. The van der Waals surface area contributed by atoms with Crippen molar-refractivity contribution in [3.8, 4) is 11.5 Å². The van der Waals surface area contributed by atoms with Crippen LogP contribution in [0.4, 0.5) is 0 Å². The summed E-state index contributed by atoms with van der Waals surface area (Å²) in [5.41, 5.74) is -0.260. The lowest BCUT2D eigenvalue weighted by Gasteiger charge is -1.99. The predicted molar refractivity (Wildman–Crippen MR) is 77.5 cm³/mol. The van der Waals surface area contributed by atoms with E-state index in [-0.39, 0.29) is 27.5 Å². The molecule has 2 N–H and O–H groups in total. The van der Waals surface area contributed by atoms with Gasteiger partial charge in [-0.05, 0) is 12.8 Å². The highest BCUT2D eigenvalue weighted by molar-refractivity contribution is 9.09. The predicted octanol–water partition coefficient (Wildman–Crippen LogP) is 3.30. The van der Waals surface area contributed by atoms with Gasteiger partial charge >= 0.3 is 0 Å². The first-order valence-electron chi connectivity index (χ1n) is 5.36. The summed E-state index contributed by atoms with van der Waals surface area (Å²) in [6.07, 6.45) is 1.84. The van der Waals surface area contributed by atoms with E-state index in [1.54, 1.807) is 3.96 Å². The Hall–Kier alpha value is -0.720. The number of aryl methyl sites for hydroxylation is 1. The van der Waals surface area contributed by atoms with Crippen LogP contribution in [0.25, 0.3) is 10.1 Å². The van der Waals surface area contributed by atoms with Crippen LogP contribution in [0.3, 0.4) is 0 Å². The highest BCUT2D eigenvalue weighted by atomic mass is 79.9. The molecule has 1 aromatic heterocycles. The fourth-order valence-electron chi connectivity index (χ4n) is 1.67. The Bertz CT molecular complexity index is 637. The Morgan fingerprint density at radius 3 is 2.78 bits per heavy atom. The van der Waals surface area contributed by atoms with Crippen molar-refractivity contribution >= 4 is 49.1 Å². The van der Waals surface area contributed by atoms with Crippen LogP contribution in [-0.2, 0) is 6.54 Å². The number of alkyl halides is 1. The third kappa shape index (κ3) is 2.37. The van der Waals surface area contributed by atoms with E-state index in [4.69, 9.17) is 11.6 Å². The van der Waals surface area contributed by atoms with E-state index in [0.717, 1.165) is 18.2 Å². The van der Waals surface area contributed by atoms with E-state index in [1.807, 2.05) is 0 Å². The third-order valence-electron chi connectivity index (χ3n) is 2.58. The fourth-order valence-corrected chi connectivity index (χ4v) is 3.29. The van der Waals surface area contributed by atoms with Crippen LogP contribution in [0.5, 0.6) is 11.5 Å². The summed E-state index contributed by atoms with van der Waals surface area (Å²) in [4.78, 5) is 12.1. The van der Waals surface area contributed by atoms with Crippen molar-refractivity contribution in [2.24, 2.45) is 0 Å². The Balaban J connectivity index is 2.50. The Morgan fingerprint density at radius 1 is 1.39 bits per heavy atom. The second kappa shape index (κ2) is 5.50. The molecule has 7 heteroatoms. The highest BCUT2D eigenvalue weighted by Gasteiger charge is 2.17. The number of rotatable bonds is 4. The van der Waals surface area contributed by atoms with Crippen LogP contribution in [-0.4, -0.2) is 19.5 Å². The van der Waals surface area contributed by atoms with Crippen molar-refractivity contribution in [1.29, 1.82) is 0 Å². The number of benzene rings is 1. The topological polar surface area (TPSA) is 62.5 Å². The maximum absolute atomic E-state index is 12.1. The minimum absolute atomic E-state index is 0.176. The molecular weight excluding hydrogens is 342 g/mol. The maximum atomic E-state index is 12.1. The molecular formula is C11H11BrClNO3S. The molecule has 98 valence electrons. The van der Waals surface area contributed by atoms with Crippen LogP contribution < -0.4 is 5.56 Å². The lowest BCUT2D eigenvalue weighted by atomic mass is 10.2. The van der Waals surface area contributed by atoms with E-state index in [1.165, 1.54) is 17.6 Å². The number of hydrogen-bond donors (Lipinski definition) is 2. The molecule has 0 saturated heterocycles.